The molecule has 0 aromatic heterocycles. The van der Waals surface area contributed by atoms with Crippen molar-refractivity contribution in [1.82, 2.24) is 10.2 Å². The Balaban J connectivity index is 4.35. The van der Waals surface area contributed by atoms with Crippen molar-refractivity contribution in [3.05, 3.63) is 0 Å². The minimum atomic E-state index is -0.651. The van der Waals surface area contributed by atoms with Gasteiger partial charge < -0.3 is 25.4 Å². The van der Waals surface area contributed by atoms with Crippen LogP contribution < -0.4 is 11.1 Å². The highest BCUT2D eigenvalue weighted by Gasteiger charge is 2.29. The molecule has 6 nitrogen and oxygen atoms in total. The molecule has 0 saturated heterocycles. The van der Waals surface area contributed by atoms with Crippen molar-refractivity contribution in [2.24, 2.45) is 5.73 Å². The lowest BCUT2D eigenvalue weighted by molar-refractivity contribution is -0.124. The van der Waals surface area contributed by atoms with Gasteiger partial charge in [0.05, 0.1) is 12.1 Å². The third-order valence-corrected chi connectivity index (χ3v) is 3.47. The van der Waals surface area contributed by atoms with E-state index in [0.717, 1.165) is 39.2 Å². The molecule has 0 aliphatic carbocycles. The number of nitrogens with two attached hydrogens (primary N) is 1. The summed E-state index contributed by atoms with van der Waals surface area (Å²) < 4.78 is 10.2. The topological polar surface area (TPSA) is 76.8 Å². The van der Waals surface area contributed by atoms with Gasteiger partial charge in [-0.15, -0.1) is 0 Å². The van der Waals surface area contributed by atoms with Crippen LogP contribution in [0.1, 0.15) is 26.7 Å². The minimum Gasteiger partial charge on any atom is -0.385 e. The van der Waals surface area contributed by atoms with Crippen LogP contribution in [0.15, 0.2) is 0 Å². The Morgan fingerprint density at radius 2 is 1.85 bits per heavy atom. The van der Waals surface area contributed by atoms with Crippen LogP contribution in [0.2, 0.25) is 0 Å². The third-order valence-electron chi connectivity index (χ3n) is 3.47. The van der Waals surface area contributed by atoms with Crippen LogP contribution in [0.5, 0.6) is 0 Å². The van der Waals surface area contributed by atoms with E-state index >= 15 is 0 Å². The summed E-state index contributed by atoms with van der Waals surface area (Å²) in [5.74, 6) is -0.303. The first kappa shape index (κ1) is 19.3. The molecular formula is C14H31N3O3. The van der Waals surface area contributed by atoms with Crippen molar-refractivity contribution in [2.45, 2.75) is 32.2 Å². The summed E-state index contributed by atoms with van der Waals surface area (Å²) in [4.78, 5) is 13.9. The molecule has 0 spiro atoms. The SMILES string of the molecule is CCNC(C)(CCN(CCCOC)CCOC)C(N)=O. The van der Waals surface area contributed by atoms with E-state index in [1.165, 1.54) is 0 Å². The maximum absolute atomic E-state index is 11.6. The quantitative estimate of drug-likeness (QED) is 0.474. The molecule has 0 saturated carbocycles. The number of amides is 1. The van der Waals surface area contributed by atoms with Crippen LogP contribution in [0.25, 0.3) is 0 Å². The van der Waals surface area contributed by atoms with E-state index in [1.807, 2.05) is 13.8 Å². The number of hydrogen-bond donors (Lipinski definition) is 2. The summed E-state index contributed by atoms with van der Waals surface area (Å²) in [6.07, 6.45) is 1.65. The lowest BCUT2D eigenvalue weighted by atomic mass is 9.96. The smallest absolute Gasteiger partial charge is 0.237 e. The largest absolute Gasteiger partial charge is 0.385 e. The molecule has 0 bridgehead atoms. The van der Waals surface area contributed by atoms with Gasteiger partial charge in [-0.1, -0.05) is 6.92 Å². The van der Waals surface area contributed by atoms with E-state index in [9.17, 15) is 4.79 Å². The summed E-state index contributed by atoms with van der Waals surface area (Å²) in [7, 11) is 3.40. The molecule has 0 aliphatic rings. The molecule has 0 fully saturated rings. The van der Waals surface area contributed by atoms with E-state index in [0.29, 0.717) is 13.0 Å². The molecule has 1 unspecified atom stereocenters. The monoisotopic (exact) mass is 289 g/mol. The van der Waals surface area contributed by atoms with Gasteiger partial charge in [0.25, 0.3) is 0 Å². The maximum atomic E-state index is 11.6. The number of carbonyl (C=O) groups excluding carboxylic acids is 1. The molecule has 0 rings (SSSR count). The second kappa shape index (κ2) is 11.0. The van der Waals surface area contributed by atoms with E-state index < -0.39 is 5.54 Å². The molecule has 1 atom stereocenters. The summed E-state index contributed by atoms with van der Waals surface area (Å²) in [6.45, 7) is 8.57. The highest BCUT2D eigenvalue weighted by molar-refractivity contribution is 5.84. The van der Waals surface area contributed by atoms with Crippen molar-refractivity contribution in [3.63, 3.8) is 0 Å². The van der Waals surface area contributed by atoms with Gasteiger partial charge in [0.2, 0.25) is 5.91 Å². The number of hydrogen-bond acceptors (Lipinski definition) is 5. The fourth-order valence-electron chi connectivity index (χ4n) is 2.06. The standard InChI is InChI=1S/C14H31N3O3/c1-5-16-14(2,13(15)18)7-9-17(10-12-20-4)8-6-11-19-3/h16H,5-12H2,1-4H3,(H2,15,18). The number of nitrogens with zero attached hydrogens (tertiary/aromatic N) is 1. The summed E-state index contributed by atoms with van der Waals surface area (Å²) >= 11 is 0. The first-order chi connectivity index (χ1) is 9.50. The van der Waals surface area contributed by atoms with E-state index in [-0.39, 0.29) is 5.91 Å². The predicted molar refractivity (Wildman–Crippen MR) is 80.7 cm³/mol. The normalized spacial score (nSPS) is 14.4. The zero-order chi connectivity index (χ0) is 15.4. The third kappa shape index (κ3) is 7.79. The van der Waals surface area contributed by atoms with Gasteiger partial charge in [-0.25, -0.2) is 0 Å². The molecule has 0 heterocycles. The van der Waals surface area contributed by atoms with Crippen molar-refractivity contribution >= 4 is 5.91 Å². The number of primary amides is 1. The Bertz CT molecular complexity index is 264. The van der Waals surface area contributed by atoms with Crippen LogP contribution in [0.4, 0.5) is 0 Å². The van der Waals surface area contributed by atoms with Crippen molar-refractivity contribution < 1.29 is 14.3 Å². The molecule has 6 heteroatoms. The molecule has 0 aromatic rings. The number of ether oxygens (including phenoxy) is 2. The number of rotatable bonds is 13. The fourth-order valence-corrected chi connectivity index (χ4v) is 2.06. The maximum Gasteiger partial charge on any atom is 0.237 e. The van der Waals surface area contributed by atoms with Crippen LogP contribution in [0, 0.1) is 0 Å². The molecule has 20 heavy (non-hydrogen) atoms. The highest BCUT2D eigenvalue weighted by Crippen LogP contribution is 2.10. The van der Waals surface area contributed by atoms with E-state index in [4.69, 9.17) is 15.2 Å². The Morgan fingerprint density at radius 1 is 1.20 bits per heavy atom. The zero-order valence-corrected chi connectivity index (χ0v) is 13.4. The molecule has 0 aromatic carbocycles. The predicted octanol–water partition coefficient (Wildman–Crippen LogP) is 0.215. The van der Waals surface area contributed by atoms with E-state index in [2.05, 4.69) is 10.2 Å². The second-order valence-electron chi connectivity index (χ2n) is 5.16. The Hall–Kier alpha value is -0.690. The van der Waals surface area contributed by atoms with Crippen LogP contribution >= 0.6 is 0 Å². The highest BCUT2D eigenvalue weighted by atomic mass is 16.5. The molecular weight excluding hydrogens is 258 g/mol. The zero-order valence-electron chi connectivity index (χ0n) is 13.4. The van der Waals surface area contributed by atoms with Gasteiger partial charge in [0.15, 0.2) is 0 Å². The van der Waals surface area contributed by atoms with Gasteiger partial charge in [0, 0.05) is 40.5 Å². The first-order valence-corrected chi connectivity index (χ1v) is 7.25. The number of likely N-dealkylation sites (N-methyl/N-ethyl adjacent to an activating group) is 1. The van der Waals surface area contributed by atoms with Crippen molar-refractivity contribution in [1.29, 1.82) is 0 Å². The second-order valence-corrected chi connectivity index (χ2v) is 5.16. The van der Waals surface area contributed by atoms with Gasteiger partial charge >= 0.3 is 0 Å². The van der Waals surface area contributed by atoms with Gasteiger partial charge in [-0.05, 0) is 26.3 Å². The van der Waals surface area contributed by atoms with Crippen LogP contribution in [-0.4, -0.2) is 70.0 Å². The van der Waals surface area contributed by atoms with Crippen LogP contribution in [-0.2, 0) is 14.3 Å². The lowest BCUT2D eigenvalue weighted by Crippen LogP contribution is -2.54. The summed E-state index contributed by atoms with van der Waals surface area (Å²) in [6, 6.07) is 0. The Morgan fingerprint density at radius 3 is 2.35 bits per heavy atom. The lowest BCUT2D eigenvalue weighted by Gasteiger charge is -2.30. The average molecular weight is 289 g/mol. The van der Waals surface area contributed by atoms with Crippen LogP contribution in [0.3, 0.4) is 0 Å². The molecule has 0 radical (unpaired) electrons. The summed E-state index contributed by atoms with van der Waals surface area (Å²) in [5.41, 5.74) is 4.85. The number of nitrogens with one attached hydrogen (secondary N) is 1. The van der Waals surface area contributed by atoms with Gasteiger partial charge in [0.1, 0.15) is 0 Å². The summed E-state index contributed by atoms with van der Waals surface area (Å²) in [5, 5.41) is 3.18. The van der Waals surface area contributed by atoms with Gasteiger partial charge in [-0.3, -0.25) is 4.79 Å². The molecule has 3 N–H and O–H groups in total. The average Bonchev–Trinajstić information content (AvgIpc) is 2.41. The minimum absolute atomic E-state index is 0.303. The fraction of sp³-hybridized carbons (Fsp3) is 0.929. The Labute approximate surface area is 123 Å². The van der Waals surface area contributed by atoms with Crippen molar-refractivity contribution in [3.8, 4) is 0 Å². The number of carbonyl (C=O) groups is 1. The van der Waals surface area contributed by atoms with Crippen molar-refractivity contribution in [2.75, 3.05) is 53.6 Å². The molecule has 1 amide bonds. The van der Waals surface area contributed by atoms with Gasteiger partial charge in [-0.2, -0.15) is 0 Å². The Kier molecular flexibility index (Phi) is 10.6. The first-order valence-electron chi connectivity index (χ1n) is 7.25. The number of methoxy groups -OCH3 is 2. The molecule has 120 valence electrons. The van der Waals surface area contributed by atoms with E-state index in [1.54, 1.807) is 14.2 Å². The molecule has 0 aliphatic heterocycles.